The number of anilines is 1. The molecular formula is C52H56N8O11. The van der Waals surface area contributed by atoms with Gasteiger partial charge in [-0.25, -0.2) is 0 Å². The van der Waals surface area contributed by atoms with Crippen LogP contribution in [0.2, 0.25) is 0 Å². The number of nitrogens with zero attached hydrogens (tertiary/aromatic N) is 7. The van der Waals surface area contributed by atoms with Crippen LogP contribution >= 0.6 is 0 Å². The zero-order valence-electron chi connectivity index (χ0n) is 39.9. The molecule has 6 aliphatic heterocycles. The van der Waals surface area contributed by atoms with Crippen LogP contribution in [0.3, 0.4) is 0 Å². The fourth-order valence-electron chi connectivity index (χ4n) is 9.47. The molecule has 3 aromatic rings. The monoisotopic (exact) mass is 968 g/mol. The van der Waals surface area contributed by atoms with E-state index in [2.05, 4.69) is 33.4 Å². The first-order valence-electron chi connectivity index (χ1n) is 23.6. The molecule has 0 radical (unpaired) electrons. The largest absolute Gasteiger partial charge is 0.493 e. The number of ether oxygens (including phenoxy) is 5. The smallest absolute Gasteiger partial charge is 0.257 e. The fraction of sp³-hybridized carbons (Fsp3) is 0.385. The number of fused-ring (bicyclic) bond motifs is 4. The molecule has 6 amide bonds. The molecule has 3 aromatic carbocycles. The average molecular weight is 969 g/mol. The van der Waals surface area contributed by atoms with Gasteiger partial charge < -0.3 is 48.6 Å². The van der Waals surface area contributed by atoms with Crippen molar-refractivity contribution >= 4 is 64.9 Å². The standard InChI is InChI=1S/C52H56N8O11/c1-32-17-37-26-54-41-24-45(43(67-3)22-39(41)51(65)59(37)28-32)70-30-34-19-35(31-71-46-25-42-40(23-44(46)68-4)52(66)60-29-33(2)18-38(60)27-55-42)21-36(20-34)56-11-13-57(14-12-56)48(62)8-15-69-16-9-53-47(61)7-10-58-49(63)5-6-50(58)64/h5-6,19-27,37-38H,1-2,7-18,28-31H2,3-4H3,(H,53,61)/t37-,38-/m0/s1. The van der Waals surface area contributed by atoms with Gasteiger partial charge in [-0.05, 0) is 54.3 Å². The second kappa shape index (κ2) is 21.1. The molecule has 19 nitrogen and oxygen atoms in total. The number of carbonyl (C=O) groups is 6. The predicted molar refractivity (Wildman–Crippen MR) is 262 cm³/mol. The summed E-state index contributed by atoms with van der Waals surface area (Å²) in [6, 6.07) is 12.6. The summed E-state index contributed by atoms with van der Waals surface area (Å²) in [4.78, 5) is 94.0. The van der Waals surface area contributed by atoms with E-state index in [1.165, 1.54) is 26.4 Å². The number of piperazine rings is 1. The number of carbonyl (C=O) groups excluding carboxylic acids is 6. The zero-order chi connectivity index (χ0) is 49.8. The third kappa shape index (κ3) is 10.7. The molecule has 0 unspecified atom stereocenters. The predicted octanol–water partition coefficient (Wildman–Crippen LogP) is 4.32. The number of rotatable bonds is 18. The lowest BCUT2D eigenvalue weighted by Gasteiger charge is -2.36. The Balaban J connectivity index is 0.857. The van der Waals surface area contributed by atoms with Crippen molar-refractivity contribution in [3.63, 3.8) is 0 Å². The van der Waals surface area contributed by atoms with Crippen LogP contribution in [0, 0.1) is 0 Å². The van der Waals surface area contributed by atoms with Crippen molar-refractivity contribution < 1.29 is 52.5 Å². The Morgan fingerprint density at radius 3 is 1.73 bits per heavy atom. The highest BCUT2D eigenvalue weighted by molar-refractivity contribution is 6.13. The highest BCUT2D eigenvalue weighted by Crippen LogP contribution is 2.41. The van der Waals surface area contributed by atoms with Crippen LogP contribution in [-0.2, 0) is 37.1 Å². The molecule has 3 fully saturated rings. The number of amides is 6. The number of nitrogens with one attached hydrogen (secondary N) is 1. The van der Waals surface area contributed by atoms with Crippen LogP contribution in [0.4, 0.5) is 17.1 Å². The van der Waals surface area contributed by atoms with Gasteiger partial charge in [0.1, 0.15) is 13.2 Å². The summed E-state index contributed by atoms with van der Waals surface area (Å²) in [6.45, 7) is 12.0. The number of aliphatic imine (C=N–C) groups is 2. The van der Waals surface area contributed by atoms with Crippen molar-refractivity contribution in [2.24, 2.45) is 9.98 Å². The molecule has 0 bridgehead atoms. The normalized spacial score (nSPS) is 19.2. The molecule has 0 saturated carbocycles. The second-order valence-corrected chi connectivity index (χ2v) is 18.1. The van der Waals surface area contributed by atoms with Gasteiger partial charge in [0.25, 0.3) is 23.6 Å². The molecule has 370 valence electrons. The first-order valence-corrected chi connectivity index (χ1v) is 23.6. The number of methoxy groups -OCH3 is 2. The third-order valence-corrected chi connectivity index (χ3v) is 13.2. The van der Waals surface area contributed by atoms with Crippen molar-refractivity contribution in [1.29, 1.82) is 0 Å². The topological polar surface area (TPSA) is 202 Å². The molecule has 0 aliphatic carbocycles. The van der Waals surface area contributed by atoms with Gasteiger partial charge in [-0.3, -0.25) is 43.7 Å². The van der Waals surface area contributed by atoms with E-state index in [9.17, 15) is 28.8 Å². The van der Waals surface area contributed by atoms with E-state index in [4.69, 9.17) is 23.7 Å². The fourth-order valence-corrected chi connectivity index (χ4v) is 9.47. The van der Waals surface area contributed by atoms with Gasteiger partial charge in [-0.1, -0.05) is 24.3 Å². The van der Waals surface area contributed by atoms with Crippen molar-refractivity contribution in [1.82, 2.24) is 24.9 Å². The van der Waals surface area contributed by atoms with E-state index in [-0.39, 0.29) is 88.1 Å². The van der Waals surface area contributed by atoms with E-state index in [0.717, 1.165) is 32.9 Å². The maximum absolute atomic E-state index is 13.6. The Hall–Kier alpha value is -7.80. The highest BCUT2D eigenvalue weighted by atomic mass is 16.5. The van der Waals surface area contributed by atoms with E-state index in [1.807, 2.05) is 23.1 Å². The SMILES string of the molecule is C=C1C[C@H]2C=Nc3cc(OCc4cc(COc5cc6c(cc5OC)C(=O)N5CC(=C)C[C@H]5C=N6)cc(N5CCN(C(=O)CCOCCNC(=O)CCN6C(=O)C=CC6=O)CC5)c4)c(OC)cc3C(=O)N2C1. The second-order valence-electron chi connectivity index (χ2n) is 18.1. The Morgan fingerprint density at radius 1 is 0.676 bits per heavy atom. The average Bonchev–Trinajstić information content (AvgIpc) is 4.01. The number of hydrogen-bond acceptors (Lipinski definition) is 14. The van der Waals surface area contributed by atoms with Crippen LogP contribution in [0.5, 0.6) is 23.0 Å². The Morgan fingerprint density at radius 2 is 1.21 bits per heavy atom. The molecule has 3 saturated heterocycles. The number of imide groups is 1. The van der Waals surface area contributed by atoms with Gasteiger partial charge in [0.05, 0.1) is 68.4 Å². The summed E-state index contributed by atoms with van der Waals surface area (Å²) in [5.74, 6) is 0.119. The Bertz CT molecular complexity index is 2630. The van der Waals surface area contributed by atoms with Crippen LogP contribution in [0.15, 0.2) is 88.9 Å². The van der Waals surface area contributed by atoms with E-state index >= 15 is 0 Å². The first-order chi connectivity index (χ1) is 34.3. The van der Waals surface area contributed by atoms with Gasteiger partial charge in [0.15, 0.2) is 23.0 Å². The third-order valence-electron chi connectivity index (χ3n) is 13.2. The molecule has 19 heteroatoms. The zero-order valence-corrected chi connectivity index (χ0v) is 39.9. The molecular weight excluding hydrogens is 913 g/mol. The lowest BCUT2D eigenvalue weighted by molar-refractivity contribution is -0.137. The lowest BCUT2D eigenvalue weighted by Crippen LogP contribution is -2.49. The molecule has 0 spiro atoms. The van der Waals surface area contributed by atoms with Gasteiger partial charge in [-0.2, -0.15) is 0 Å². The van der Waals surface area contributed by atoms with Crippen LogP contribution in [0.1, 0.15) is 57.5 Å². The van der Waals surface area contributed by atoms with Crippen molar-refractivity contribution in [2.75, 3.05) is 84.7 Å². The summed E-state index contributed by atoms with van der Waals surface area (Å²) < 4.78 is 30.0. The van der Waals surface area contributed by atoms with Crippen LogP contribution in [-0.4, -0.2) is 159 Å². The maximum Gasteiger partial charge on any atom is 0.257 e. The summed E-state index contributed by atoms with van der Waals surface area (Å²) in [7, 11) is 3.06. The summed E-state index contributed by atoms with van der Waals surface area (Å²) in [6.07, 6.45) is 7.42. The minimum absolute atomic E-state index is 0.00182. The minimum atomic E-state index is -0.434. The number of hydrogen-bond donors (Lipinski definition) is 1. The molecule has 71 heavy (non-hydrogen) atoms. The van der Waals surface area contributed by atoms with E-state index in [0.29, 0.717) is 97.6 Å². The quantitative estimate of drug-likeness (QED) is 0.108. The van der Waals surface area contributed by atoms with Crippen LogP contribution in [0.25, 0.3) is 0 Å². The van der Waals surface area contributed by atoms with Crippen LogP contribution < -0.4 is 29.2 Å². The molecule has 1 N–H and O–H groups in total. The van der Waals surface area contributed by atoms with Gasteiger partial charge in [0, 0.05) is 101 Å². The molecule has 0 aromatic heterocycles. The van der Waals surface area contributed by atoms with Crippen molar-refractivity contribution in [2.45, 2.75) is 51.0 Å². The Kier molecular flexibility index (Phi) is 14.3. The van der Waals surface area contributed by atoms with E-state index < -0.39 is 11.8 Å². The summed E-state index contributed by atoms with van der Waals surface area (Å²) in [5, 5.41) is 2.70. The van der Waals surface area contributed by atoms with Gasteiger partial charge in [0.2, 0.25) is 11.8 Å². The van der Waals surface area contributed by atoms with Crippen molar-refractivity contribution in [3.8, 4) is 23.0 Å². The van der Waals surface area contributed by atoms with E-state index in [1.54, 1.807) is 46.5 Å². The van der Waals surface area contributed by atoms with Crippen molar-refractivity contribution in [3.05, 3.63) is 101 Å². The molecule has 6 aliphatic rings. The summed E-state index contributed by atoms with van der Waals surface area (Å²) >= 11 is 0. The lowest BCUT2D eigenvalue weighted by atomic mass is 10.1. The molecule has 2 atom stereocenters. The first kappa shape index (κ1) is 48.2. The summed E-state index contributed by atoms with van der Waals surface area (Å²) in [5.41, 5.74) is 6.33. The Labute approximate surface area is 411 Å². The van der Waals surface area contributed by atoms with Gasteiger partial charge >= 0.3 is 0 Å². The number of benzene rings is 3. The molecule has 9 rings (SSSR count). The maximum atomic E-state index is 13.6. The highest BCUT2D eigenvalue weighted by Gasteiger charge is 2.36. The molecule has 6 heterocycles. The minimum Gasteiger partial charge on any atom is -0.493 e. The van der Waals surface area contributed by atoms with Gasteiger partial charge in [-0.15, -0.1) is 0 Å².